The lowest BCUT2D eigenvalue weighted by Crippen LogP contribution is -2.08. The van der Waals surface area contributed by atoms with Crippen LogP contribution in [0.1, 0.15) is 16.8 Å². The maximum Gasteiger partial charge on any atom is 0.182 e. The number of carbonyl (C=O) groups excluding carboxylic acids is 1. The van der Waals surface area contributed by atoms with Gasteiger partial charge in [0, 0.05) is 6.42 Å². The van der Waals surface area contributed by atoms with Crippen molar-refractivity contribution < 1.29 is 14.3 Å². The van der Waals surface area contributed by atoms with Gasteiger partial charge in [0.2, 0.25) is 0 Å². The molecule has 0 aliphatic carbocycles. The highest BCUT2D eigenvalue weighted by Gasteiger charge is 2.15. The molecule has 2 rings (SSSR count). The van der Waals surface area contributed by atoms with Gasteiger partial charge in [-0.15, -0.1) is 0 Å². The molecule has 1 aromatic heterocycles. The predicted molar refractivity (Wildman–Crippen MR) is 53.7 cm³/mol. The smallest absolute Gasteiger partial charge is 0.182 e. The standard InChI is InChI=1S/C10H10N2O3/c11-4-3-7(13)6-1-2-8-9(10(6)14)12-5-15-8/h1-2,5,14H,3-4,11H2. The Bertz CT molecular complexity index is 504. The van der Waals surface area contributed by atoms with Gasteiger partial charge in [0.05, 0.1) is 5.56 Å². The van der Waals surface area contributed by atoms with Gasteiger partial charge in [-0.05, 0) is 18.7 Å². The summed E-state index contributed by atoms with van der Waals surface area (Å²) in [4.78, 5) is 15.4. The molecule has 0 saturated heterocycles. The van der Waals surface area contributed by atoms with Crippen molar-refractivity contribution in [3.8, 4) is 5.75 Å². The lowest BCUT2D eigenvalue weighted by Gasteiger charge is -2.02. The molecule has 78 valence electrons. The van der Waals surface area contributed by atoms with Crippen molar-refractivity contribution >= 4 is 16.9 Å². The Morgan fingerprint density at radius 3 is 3.07 bits per heavy atom. The van der Waals surface area contributed by atoms with Gasteiger partial charge in [-0.3, -0.25) is 4.79 Å². The molecule has 15 heavy (non-hydrogen) atoms. The Kier molecular flexibility index (Phi) is 2.39. The van der Waals surface area contributed by atoms with E-state index in [0.717, 1.165) is 0 Å². The second kappa shape index (κ2) is 3.70. The Morgan fingerprint density at radius 1 is 1.53 bits per heavy atom. The fourth-order valence-corrected chi connectivity index (χ4v) is 1.41. The van der Waals surface area contributed by atoms with Gasteiger partial charge in [0.25, 0.3) is 0 Å². The zero-order chi connectivity index (χ0) is 10.8. The number of Topliss-reactive ketones (excluding diaryl/α,β-unsaturated/α-hetero) is 1. The van der Waals surface area contributed by atoms with Crippen LogP contribution in [-0.4, -0.2) is 22.4 Å². The number of phenolic OH excluding ortho intramolecular Hbond substituents is 1. The summed E-state index contributed by atoms with van der Waals surface area (Å²) in [6, 6.07) is 3.12. The summed E-state index contributed by atoms with van der Waals surface area (Å²) in [6.07, 6.45) is 1.43. The highest BCUT2D eigenvalue weighted by Crippen LogP contribution is 2.28. The fraction of sp³-hybridized carbons (Fsp3) is 0.200. The average molecular weight is 206 g/mol. The van der Waals surface area contributed by atoms with E-state index in [2.05, 4.69) is 4.98 Å². The zero-order valence-corrected chi connectivity index (χ0v) is 7.93. The first kappa shape index (κ1) is 9.67. The summed E-state index contributed by atoms with van der Waals surface area (Å²) in [6.45, 7) is 0.259. The highest BCUT2D eigenvalue weighted by atomic mass is 16.3. The molecule has 1 aromatic carbocycles. The van der Waals surface area contributed by atoms with Crippen LogP contribution in [0.2, 0.25) is 0 Å². The van der Waals surface area contributed by atoms with Crippen LogP contribution < -0.4 is 5.73 Å². The van der Waals surface area contributed by atoms with Crippen molar-refractivity contribution in [2.75, 3.05) is 6.54 Å². The lowest BCUT2D eigenvalue weighted by atomic mass is 10.1. The number of rotatable bonds is 3. The van der Waals surface area contributed by atoms with Crippen LogP contribution in [0.5, 0.6) is 5.75 Å². The molecule has 0 saturated carbocycles. The first-order valence-corrected chi connectivity index (χ1v) is 4.52. The Labute approximate surface area is 85.5 Å². The fourth-order valence-electron chi connectivity index (χ4n) is 1.41. The third-order valence-corrected chi connectivity index (χ3v) is 2.15. The van der Waals surface area contributed by atoms with E-state index in [1.807, 2.05) is 0 Å². The number of nitrogens with zero attached hydrogens (tertiary/aromatic N) is 1. The van der Waals surface area contributed by atoms with Crippen LogP contribution in [0.4, 0.5) is 0 Å². The van der Waals surface area contributed by atoms with Crippen molar-refractivity contribution in [1.29, 1.82) is 0 Å². The third-order valence-electron chi connectivity index (χ3n) is 2.15. The maximum atomic E-state index is 11.5. The van der Waals surface area contributed by atoms with Crippen LogP contribution in [0.3, 0.4) is 0 Å². The minimum absolute atomic E-state index is 0.139. The second-order valence-corrected chi connectivity index (χ2v) is 3.12. The Balaban J connectivity index is 2.52. The quantitative estimate of drug-likeness (QED) is 0.733. The molecule has 0 amide bonds. The van der Waals surface area contributed by atoms with Crippen molar-refractivity contribution in [3.05, 3.63) is 24.1 Å². The molecule has 0 fully saturated rings. The van der Waals surface area contributed by atoms with Crippen LogP contribution >= 0.6 is 0 Å². The predicted octanol–water partition coefficient (Wildman–Crippen LogP) is 1.06. The van der Waals surface area contributed by atoms with Crippen LogP contribution in [0.25, 0.3) is 11.1 Å². The number of benzene rings is 1. The van der Waals surface area contributed by atoms with Crippen LogP contribution in [0.15, 0.2) is 22.9 Å². The van der Waals surface area contributed by atoms with Crippen LogP contribution in [-0.2, 0) is 0 Å². The summed E-state index contributed by atoms with van der Waals surface area (Å²) >= 11 is 0. The first-order valence-electron chi connectivity index (χ1n) is 4.52. The maximum absolute atomic E-state index is 11.5. The summed E-state index contributed by atoms with van der Waals surface area (Å²) < 4.78 is 4.99. The number of ketones is 1. The summed E-state index contributed by atoms with van der Waals surface area (Å²) in [5, 5.41) is 9.75. The van der Waals surface area contributed by atoms with Gasteiger partial charge in [-0.25, -0.2) is 4.98 Å². The van der Waals surface area contributed by atoms with Gasteiger partial charge in [0.15, 0.2) is 29.0 Å². The number of aromatic hydroxyl groups is 1. The molecule has 0 aliphatic rings. The number of phenols is 1. The topological polar surface area (TPSA) is 89.4 Å². The van der Waals surface area contributed by atoms with Gasteiger partial charge in [-0.2, -0.15) is 0 Å². The van der Waals surface area contributed by atoms with Crippen molar-refractivity contribution in [1.82, 2.24) is 4.98 Å². The molecule has 3 N–H and O–H groups in total. The van der Waals surface area contributed by atoms with Crippen molar-refractivity contribution in [2.45, 2.75) is 6.42 Å². The number of aromatic nitrogens is 1. The van der Waals surface area contributed by atoms with E-state index in [9.17, 15) is 9.90 Å². The summed E-state index contributed by atoms with van der Waals surface area (Å²) in [5.41, 5.74) is 6.27. The van der Waals surface area contributed by atoms with E-state index in [1.54, 1.807) is 6.07 Å². The number of oxazole rings is 1. The van der Waals surface area contributed by atoms with Gasteiger partial charge in [-0.1, -0.05) is 0 Å². The third kappa shape index (κ3) is 1.57. The molecule has 5 heteroatoms. The molecular weight excluding hydrogens is 196 g/mol. The second-order valence-electron chi connectivity index (χ2n) is 3.12. The van der Waals surface area contributed by atoms with Gasteiger partial charge in [0.1, 0.15) is 0 Å². The van der Waals surface area contributed by atoms with E-state index in [1.165, 1.54) is 12.5 Å². The zero-order valence-electron chi connectivity index (χ0n) is 7.93. The van der Waals surface area contributed by atoms with E-state index in [-0.39, 0.29) is 30.1 Å². The van der Waals surface area contributed by atoms with E-state index in [0.29, 0.717) is 11.1 Å². The number of nitrogens with two attached hydrogens (primary N) is 1. The minimum atomic E-state index is -0.195. The lowest BCUT2D eigenvalue weighted by molar-refractivity contribution is 0.0983. The van der Waals surface area contributed by atoms with Gasteiger partial charge >= 0.3 is 0 Å². The first-order chi connectivity index (χ1) is 7.24. The largest absolute Gasteiger partial charge is 0.505 e. The molecule has 0 unspecified atom stereocenters. The van der Waals surface area contributed by atoms with Crippen molar-refractivity contribution in [3.63, 3.8) is 0 Å². The molecule has 0 bridgehead atoms. The Hall–Kier alpha value is -1.88. The molecule has 0 aliphatic heterocycles. The molecule has 0 spiro atoms. The summed E-state index contributed by atoms with van der Waals surface area (Å²) in [7, 11) is 0. The number of hydrogen-bond donors (Lipinski definition) is 2. The summed E-state index contributed by atoms with van der Waals surface area (Å²) in [5.74, 6) is -0.334. The monoisotopic (exact) mass is 206 g/mol. The molecular formula is C10H10N2O3. The average Bonchev–Trinajstić information content (AvgIpc) is 2.67. The molecule has 0 atom stereocenters. The SMILES string of the molecule is NCCC(=O)c1ccc2ocnc2c1O. The molecule has 2 aromatic rings. The number of hydrogen-bond acceptors (Lipinski definition) is 5. The number of fused-ring (bicyclic) bond motifs is 1. The molecule has 1 heterocycles. The van der Waals surface area contributed by atoms with E-state index >= 15 is 0 Å². The molecule has 5 nitrogen and oxygen atoms in total. The van der Waals surface area contributed by atoms with E-state index in [4.69, 9.17) is 10.2 Å². The number of carbonyl (C=O) groups is 1. The van der Waals surface area contributed by atoms with Crippen molar-refractivity contribution in [2.24, 2.45) is 5.73 Å². The normalized spacial score (nSPS) is 10.7. The highest BCUT2D eigenvalue weighted by molar-refractivity contribution is 6.02. The molecule has 0 radical (unpaired) electrons. The van der Waals surface area contributed by atoms with Crippen LogP contribution in [0, 0.1) is 0 Å². The van der Waals surface area contributed by atoms with Gasteiger partial charge < -0.3 is 15.3 Å². The minimum Gasteiger partial charge on any atom is -0.505 e. The Morgan fingerprint density at radius 2 is 2.33 bits per heavy atom. The van der Waals surface area contributed by atoms with E-state index < -0.39 is 0 Å².